The van der Waals surface area contributed by atoms with Crippen molar-refractivity contribution >= 4 is 22.6 Å². The van der Waals surface area contributed by atoms with Crippen LogP contribution in [0.2, 0.25) is 0 Å². The lowest BCUT2D eigenvalue weighted by Crippen LogP contribution is -2.41. The van der Waals surface area contributed by atoms with Crippen LogP contribution in [0.5, 0.6) is 0 Å². The molecule has 0 fully saturated rings. The van der Waals surface area contributed by atoms with Gasteiger partial charge in [-0.05, 0) is 35.1 Å². The summed E-state index contributed by atoms with van der Waals surface area (Å²) in [5.41, 5.74) is 0.543. The van der Waals surface area contributed by atoms with Gasteiger partial charge in [-0.15, -0.1) is 0 Å². The summed E-state index contributed by atoms with van der Waals surface area (Å²) in [6.45, 7) is 3.00. The lowest BCUT2D eigenvalue weighted by atomic mass is 10.3. The minimum absolute atomic E-state index is 0.217. The summed E-state index contributed by atoms with van der Waals surface area (Å²) in [6, 6.07) is 1.89. The molecule has 0 unspecified atom stereocenters. The third-order valence-corrected chi connectivity index (χ3v) is 3.91. The van der Waals surface area contributed by atoms with E-state index in [0.717, 1.165) is 12.1 Å². The Kier molecular flexibility index (Phi) is 4.79. The van der Waals surface area contributed by atoms with Crippen LogP contribution in [0.3, 0.4) is 0 Å². The highest BCUT2D eigenvalue weighted by Crippen LogP contribution is 2.00. The van der Waals surface area contributed by atoms with Gasteiger partial charge in [0.1, 0.15) is 0 Å². The molecule has 0 bridgehead atoms. The Morgan fingerprint density at radius 2 is 2.05 bits per heavy atom. The Morgan fingerprint density at radius 3 is 2.65 bits per heavy atom. The van der Waals surface area contributed by atoms with Crippen LogP contribution in [-0.4, -0.2) is 18.9 Å². The molecule has 0 spiro atoms. The first-order valence-electron chi connectivity index (χ1n) is 6.51. The van der Waals surface area contributed by atoms with Crippen molar-refractivity contribution in [1.82, 2.24) is 18.9 Å². The molecule has 7 heteroatoms. The molecule has 2 aromatic heterocycles. The Bertz CT molecular complexity index is 714. The van der Waals surface area contributed by atoms with Gasteiger partial charge in [0.15, 0.2) is 0 Å². The van der Waals surface area contributed by atoms with Crippen molar-refractivity contribution in [2.75, 3.05) is 0 Å². The lowest BCUT2D eigenvalue weighted by molar-refractivity contribution is 0.532. The van der Waals surface area contributed by atoms with E-state index in [2.05, 4.69) is 5.10 Å². The maximum absolute atomic E-state index is 12.3. The highest BCUT2D eigenvalue weighted by atomic mass is 127. The number of hydrogen-bond donors (Lipinski definition) is 0. The van der Waals surface area contributed by atoms with Gasteiger partial charge in [-0.25, -0.2) is 4.79 Å². The summed E-state index contributed by atoms with van der Waals surface area (Å²) in [5.74, 6) is 0. The van der Waals surface area contributed by atoms with E-state index in [4.69, 9.17) is 0 Å². The minimum atomic E-state index is -0.237. The second kappa shape index (κ2) is 6.38. The molecule has 2 heterocycles. The molecule has 0 aliphatic heterocycles. The molecule has 6 nitrogen and oxygen atoms in total. The SMILES string of the molecule is CCCn1cc(I)c(=O)n(CCc2ccnn2C)c1=O. The third kappa shape index (κ3) is 3.02. The fourth-order valence-corrected chi connectivity index (χ4v) is 2.72. The Hall–Kier alpha value is -1.38. The van der Waals surface area contributed by atoms with Gasteiger partial charge in [-0.2, -0.15) is 5.10 Å². The fourth-order valence-electron chi connectivity index (χ4n) is 2.09. The van der Waals surface area contributed by atoms with Gasteiger partial charge in [0.05, 0.1) is 3.57 Å². The van der Waals surface area contributed by atoms with Gasteiger partial charge in [0, 0.05) is 44.6 Å². The van der Waals surface area contributed by atoms with E-state index in [1.165, 1.54) is 4.57 Å². The summed E-state index contributed by atoms with van der Waals surface area (Å²) in [4.78, 5) is 24.4. The van der Waals surface area contributed by atoms with Gasteiger partial charge in [-0.3, -0.25) is 18.6 Å². The number of aryl methyl sites for hydroxylation is 3. The average molecular weight is 388 g/mol. The molecule has 0 radical (unpaired) electrons. The Labute approximate surface area is 130 Å². The van der Waals surface area contributed by atoms with Gasteiger partial charge in [0.25, 0.3) is 5.56 Å². The maximum atomic E-state index is 12.3. The molecule has 0 N–H and O–H groups in total. The molecular weight excluding hydrogens is 371 g/mol. The lowest BCUT2D eigenvalue weighted by Gasteiger charge is -2.10. The van der Waals surface area contributed by atoms with Crippen LogP contribution >= 0.6 is 22.6 Å². The largest absolute Gasteiger partial charge is 0.331 e. The summed E-state index contributed by atoms with van der Waals surface area (Å²) in [5, 5.41) is 4.08. The summed E-state index contributed by atoms with van der Waals surface area (Å²) in [6.07, 6.45) is 4.81. The molecule has 2 rings (SSSR count). The van der Waals surface area contributed by atoms with Crippen molar-refractivity contribution in [3.63, 3.8) is 0 Å². The number of rotatable bonds is 5. The molecule has 20 heavy (non-hydrogen) atoms. The first-order chi connectivity index (χ1) is 9.54. The standard InChI is InChI=1S/C13H17IN4O2/c1-3-7-17-9-11(14)12(19)18(13(17)20)8-5-10-4-6-15-16(10)2/h4,6,9H,3,5,7-8H2,1-2H3. The monoisotopic (exact) mass is 388 g/mol. The second-order valence-corrected chi connectivity index (χ2v) is 5.77. The molecule has 0 atom stereocenters. The van der Waals surface area contributed by atoms with E-state index < -0.39 is 0 Å². The van der Waals surface area contributed by atoms with Crippen LogP contribution in [0.25, 0.3) is 0 Å². The second-order valence-electron chi connectivity index (χ2n) is 4.61. The van der Waals surface area contributed by atoms with Crippen LogP contribution in [-0.2, 0) is 26.6 Å². The van der Waals surface area contributed by atoms with Gasteiger partial charge in [-0.1, -0.05) is 6.92 Å². The number of aromatic nitrogens is 4. The molecule has 0 saturated heterocycles. The number of halogens is 1. The predicted octanol–water partition coefficient (Wildman–Crippen LogP) is 1.00. The van der Waals surface area contributed by atoms with Crippen molar-refractivity contribution in [3.05, 3.63) is 48.6 Å². The molecule has 0 aliphatic carbocycles. The molecule has 0 aromatic carbocycles. The van der Waals surface area contributed by atoms with Crippen molar-refractivity contribution in [2.24, 2.45) is 7.05 Å². The van der Waals surface area contributed by atoms with Crippen LogP contribution in [0.15, 0.2) is 28.0 Å². The van der Waals surface area contributed by atoms with E-state index >= 15 is 0 Å². The zero-order valence-corrected chi connectivity index (χ0v) is 13.7. The van der Waals surface area contributed by atoms with Crippen LogP contribution < -0.4 is 11.2 Å². The molecule has 0 aliphatic rings. The van der Waals surface area contributed by atoms with Crippen molar-refractivity contribution in [1.29, 1.82) is 0 Å². The number of nitrogens with zero attached hydrogens (tertiary/aromatic N) is 4. The normalized spacial score (nSPS) is 10.9. The zero-order valence-electron chi connectivity index (χ0n) is 11.5. The zero-order chi connectivity index (χ0) is 14.7. The van der Waals surface area contributed by atoms with Crippen LogP contribution in [0, 0.1) is 3.57 Å². The van der Waals surface area contributed by atoms with E-state index in [1.54, 1.807) is 21.6 Å². The smallest absolute Gasteiger partial charge is 0.299 e. The molecule has 108 valence electrons. The Balaban J connectivity index is 2.33. The first-order valence-corrected chi connectivity index (χ1v) is 7.59. The van der Waals surface area contributed by atoms with E-state index in [9.17, 15) is 9.59 Å². The molecular formula is C13H17IN4O2. The molecule has 0 amide bonds. The highest BCUT2D eigenvalue weighted by Gasteiger charge is 2.10. The fraction of sp³-hybridized carbons (Fsp3) is 0.462. The topological polar surface area (TPSA) is 61.8 Å². The summed E-state index contributed by atoms with van der Waals surface area (Å²) >= 11 is 1.98. The highest BCUT2D eigenvalue weighted by molar-refractivity contribution is 14.1. The first kappa shape index (κ1) is 15.0. The van der Waals surface area contributed by atoms with Gasteiger partial charge < -0.3 is 0 Å². The summed E-state index contributed by atoms with van der Waals surface area (Å²) in [7, 11) is 1.85. The third-order valence-electron chi connectivity index (χ3n) is 3.17. The number of hydrogen-bond acceptors (Lipinski definition) is 3. The van der Waals surface area contributed by atoms with Gasteiger partial charge >= 0.3 is 5.69 Å². The minimum Gasteiger partial charge on any atom is -0.299 e. The van der Waals surface area contributed by atoms with Crippen molar-refractivity contribution < 1.29 is 0 Å². The van der Waals surface area contributed by atoms with Crippen molar-refractivity contribution in [3.8, 4) is 0 Å². The average Bonchev–Trinajstić information content (AvgIpc) is 2.82. The predicted molar refractivity (Wildman–Crippen MR) is 84.9 cm³/mol. The molecule has 0 saturated carbocycles. The summed E-state index contributed by atoms with van der Waals surface area (Å²) < 4.78 is 5.24. The van der Waals surface area contributed by atoms with E-state index in [0.29, 0.717) is 23.1 Å². The quantitative estimate of drug-likeness (QED) is 0.719. The van der Waals surface area contributed by atoms with Crippen LogP contribution in [0.1, 0.15) is 19.0 Å². The van der Waals surface area contributed by atoms with Gasteiger partial charge in [0.2, 0.25) is 0 Å². The van der Waals surface area contributed by atoms with E-state index in [1.807, 2.05) is 42.6 Å². The Morgan fingerprint density at radius 1 is 1.30 bits per heavy atom. The van der Waals surface area contributed by atoms with E-state index in [-0.39, 0.29) is 11.2 Å². The van der Waals surface area contributed by atoms with Crippen LogP contribution in [0.4, 0.5) is 0 Å². The van der Waals surface area contributed by atoms with Crippen molar-refractivity contribution in [2.45, 2.75) is 32.9 Å². The maximum Gasteiger partial charge on any atom is 0.331 e. The molecule has 2 aromatic rings.